The molecule has 0 spiro atoms. The van der Waals surface area contributed by atoms with Crippen molar-refractivity contribution in [3.05, 3.63) is 24.2 Å². The molecule has 1 aromatic rings. The molecule has 1 nitrogen and oxygen atoms in total. The number of hydrogen-bond acceptors (Lipinski definition) is 1. The molecule has 1 rings (SSSR count). The minimum absolute atomic E-state index is 0.323. The highest BCUT2D eigenvalue weighted by Crippen LogP contribution is 2.31. The van der Waals surface area contributed by atoms with Gasteiger partial charge in [-0.3, -0.25) is 0 Å². The first kappa shape index (κ1) is 11.3. The van der Waals surface area contributed by atoms with Crippen LogP contribution in [-0.2, 0) is 6.42 Å². The first-order chi connectivity index (χ1) is 6.26. The summed E-state index contributed by atoms with van der Waals surface area (Å²) in [5.74, 6) is 0. The third-order valence-corrected chi connectivity index (χ3v) is 4.86. The molecule has 0 radical (unpaired) electrons. The summed E-state index contributed by atoms with van der Waals surface area (Å²) in [6.07, 6.45) is 5.79. The highest BCUT2D eigenvalue weighted by atomic mass is 79.9. The van der Waals surface area contributed by atoms with Crippen LogP contribution in [0.2, 0.25) is 0 Å². The van der Waals surface area contributed by atoms with Gasteiger partial charge in [0.1, 0.15) is 0 Å². The van der Waals surface area contributed by atoms with E-state index in [-0.39, 0.29) is 0 Å². The van der Waals surface area contributed by atoms with Crippen LogP contribution in [0.4, 0.5) is 0 Å². The molecule has 0 atom stereocenters. The summed E-state index contributed by atoms with van der Waals surface area (Å²) in [4.78, 5) is 0. The Balaban J connectivity index is 2.67. The third kappa shape index (κ3) is 2.84. The van der Waals surface area contributed by atoms with Gasteiger partial charge in [0.25, 0.3) is 0 Å². The summed E-state index contributed by atoms with van der Waals surface area (Å²) in [7, 11) is 0. The first-order valence-corrected chi connectivity index (χ1v) is 6.63. The fourth-order valence-corrected chi connectivity index (χ4v) is 3.39. The zero-order chi connectivity index (χ0) is 9.73. The SMILES string of the molecule is CCC(CBr)(CBr)Cc1ccoc1. The van der Waals surface area contributed by atoms with Gasteiger partial charge in [-0.1, -0.05) is 38.8 Å². The van der Waals surface area contributed by atoms with Gasteiger partial charge in [0, 0.05) is 10.7 Å². The van der Waals surface area contributed by atoms with Crippen molar-refractivity contribution in [3.63, 3.8) is 0 Å². The van der Waals surface area contributed by atoms with Crippen molar-refractivity contribution >= 4 is 31.9 Å². The van der Waals surface area contributed by atoms with Crippen LogP contribution in [-0.4, -0.2) is 10.7 Å². The highest BCUT2D eigenvalue weighted by Gasteiger charge is 2.26. The maximum atomic E-state index is 5.06. The average molecular weight is 310 g/mol. The van der Waals surface area contributed by atoms with Crippen molar-refractivity contribution in [2.75, 3.05) is 10.7 Å². The summed E-state index contributed by atoms with van der Waals surface area (Å²) in [6.45, 7) is 2.22. The van der Waals surface area contributed by atoms with E-state index in [0.29, 0.717) is 5.41 Å². The Kier molecular flexibility index (Phi) is 4.53. The Hall–Kier alpha value is 0.240. The van der Waals surface area contributed by atoms with E-state index in [0.717, 1.165) is 23.5 Å². The molecule has 0 fully saturated rings. The summed E-state index contributed by atoms with van der Waals surface area (Å²) in [6, 6.07) is 2.04. The van der Waals surface area contributed by atoms with Gasteiger partial charge in [-0.25, -0.2) is 0 Å². The van der Waals surface area contributed by atoms with Gasteiger partial charge in [-0.05, 0) is 29.9 Å². The predicted molar refractivity (Wildman–Crippen MR) is 62.7 cm³/mol. The van der Waals surface area contributed by atoms with Crippen LogP contribution < -0.4 is 0 Å². The van der Waals surface area contributed by atoms with Crippen LogP contribution in [0.3, 0.4) is 0 Å². The Bertz CT molecular complexity index is 219. The number of alkyl halides is 2. The first-order valence-electron chi connectivity index (χ1n) is 4.39. The van der Waals surface area contributed by atoms with Crippen molar-refractivity contribution in [2.24, 2.45) is 5.41 Å². The van der Waals surface area contributed by atoms with E-state index >= 15 is 0 Å². The van der Waals surface area contributed by atoms with Crippen LogP contribution in [0, 0.1) is 5.41 Å². The molecule has 0 amide bonds. The van der Waals surface area contributed by atoms with Gasteiger partial charge >= 0.3 is 0 Å². The van der Waals surface area contributed by atoms with E-state index in [1.54, 1.807) is 6.26 Å². The summed E-state index contributed by atoms with van der Waals surface area (Å²) in [5.41, 5.74) is 1.60. The number of rotatable bonds is 5. The Morgan fingerprint density at radius 3 is 2.46 bits per heavy atom. The second kappa shape index (κ2) is 5.20. The van der Waals surface area contributed by atoms with Crippen molar-refractivity contribution in [3.8, 4) is 0 Å². The standard InChI is InChI=1S/C10H14Br2O/c1-2-10(7-11,8-12)5-9-3-4-13-6-9/h3-4,6H,2,5,7-8H2,1H3. The van der Waals surface area contributed by atoms with E-state index in [1.807, 2.05) is 12.3 Å². The fraction of sp³-hybridized carbons (Fsp3) is 0.600. The second-order valence-corrected chi connectivity index (χ2v) is 4.55. The van der Waals surface area contributed by atoms with Gasteiger partial charge in [0.05, 0.1) is 12.5 Å². The van der Waals surface area contributed by atoms with Crippen molar-refractivity contribution < 1.29 is 4.42 Å². The molecule has 0 unspecified atom stereocenters. The number of furan rings is 1. The molecule has 0 saturated heterocycles. The molecule has 0 aliphatic heterocycles. The summed E-state index contributed by atoms with van der Waals surface area (Å²) in [5, 5.41) is 2.04. The molecule has 0 bridgehead atoms. The predicted octanol–water partition coefficient (Wildman–Crippen LogP) is 4.01. The van der Waals surface area contributed by atoms with Crippen molar-refractivity contribution in [1.29, 1.82) is 0 Å². The lowest BCUT2D eigenvalue weighted by Crippen LogP contribution is -2.26. The zero-order valence-electron chi connectivity index (χ0n) is 7.72. The lowest BCUT2D eigenvalue weighted by atomic mass is 9.84. The summed E-state index contributed by atoms with van der Waals surface area (Å²) >= 11 is 7.16. The molecule has 13 heavy (non-hydrogen) atoms. The van der Waals surface area contributed by atoms with Crippen LogP contribution in [0.5, 0.6) is 0 Å². The Morgan fingerprint density at radius 2 is 2.08 bits per heavy atom. The minimum atomic E-state index is 0.323. The van der Waals surface area contributed by atoms with E-state index < -0.39 is 0 Å². The Labute approximate surface area is 96.2 Å². The van der Waals surface area contributed by atoms with Crippen LogP contribution in [0.15, 0.2) is 23.0 Å². The van der Waals surface area contributed by atoms with E-state index in [2.05, 4.69) is 38.8 Å². The number of hydrogen-bond donors (Lipinski definition) is 0. The zero-order valence-corrected chi connectivity index (χ0v) is 10.9. The normalized spacial score (nSPS) is 11.9. The molecule has 74 valence electrons. The smallest absolute Gasteiger partial charge is 0.0934 e. The topological polar surface area (TPSA) is 13.1 Å². The maximum Gasteiger partial charge on any atom is 0.0934 e. The van der Waals surface area contributed by atoms with Gasteiger partial charge < -0.3 is 4.42 Å². The van der Waals surface area contributed by atoms with Gasteiger partial charge in [-0.2, -0.15) is 0 Å². The fourth-order valence-electron chi connectivity index (χ4n) is 1.27. The van der Waals surface area contributed by atoms with Crippen molar-refractivity contribution in [2.45, 2.75) is 19.8 Å². The maximum absolute atomic E-state index is 5.06. The largest absolute Gasteiger partial charge is 0.472 e. The van der Waals surface area contributed by atoms with Gasteiger partial charge in [-0.15, -0.1) is 0 Å². The van der Waals surface area contributed by atoms with E-state index in [4.69, 9.17) is 4.42 Å². The second-order valence-electron chi connectivity index (χ2n) is 3.43. The third-order valence-electron chi connectivity index (χ3n) is 2.48. The minimum Gasteiger partial charge on any atom is -0.472 e. The van der Waals surface area contributed by atoms with Gasteiger partial charge in [0.15, 0.2) is 0 Å². The molecule has 1 aromatic heterocycles. The van der Waals surface area contributed by atoms with Crippen LogP contribution in [0.25, 0.3) is 0 Å². The quantitative estimate of drug-likeness (QED) is 0.749. The molecule has 0 aliphatic carbocycles. The number of halogens is 2. The van der Waals surface area contributed by atoms with Gasteiger partial charge in [0.2, 0.25) is 0 Å². The summed E-state index contributed by atoms with van der Waals surface area (Å²) < 4.78 is 5.06. The molecule has 0 saturated carbocycles. The van der Waals surface area contributed by atoms with Crippen LogP contribution >= 0.6 is 31.9 Å². The molecule has 3 heteroatoms. The molecular weight excluding hydrogens is 296 g/mol. The van der Waals surface area contributed by atoms with Crippen LogP contribution in [0.1, 0.15) is 18.9 Å². The average Bonchev–Trinajstić information content (AvgIpc) is 2.67. The van der Waals surface area contributed by atoms with Crippen molar-refractivity contribution in [1.82, 2.24) is 0 Å². The molecular formula is C10H14Br2O. The molecule has 0 N–H and O–H groups in total. The molecule has 0 aliphatic rings. The molecule has 0 aromatic carbocycles. The lowest BCUT2D eigenvalue weighted by Gasteiger charge is -2.27. The highest BCUT2D eigenvalue weighted by molar-refractivity contribution is 9.09. The molecule has 1 heterocycles. The van der Waals surface area contributed by atoms with E-state index in [1.165, 1.54) is 5.56 Å². The monoisotopic (exact) mass is 308 g/mol. The Morgan fingerprint density at radius 1 is 1.38 bits per heavy atom. The van der Waals surface area contributed by atoms with E-state index in [9.17, 15) is 0 Å². The lowest BCUT2D eigenvalue weighted by molar-refractivity contribution is 0.372.